The van der Waals surface area contributed by atoms with E-state index in [0.29, 0.717) is 12.2 Å². The zero-order valence-electron chi connectivity index (χ0n) is 22.5. The molecule has 0 spiro atoms. The van der Waals surface area contributed by atoms with Gasteiger partial charge in [-0.2, -0.15) is 4.31 Å². The molecule has 1 aromatic carbocycles. The highest BCUT2D eigenvalue weighted by Gasteiger charge is 2.32. The van der Waals surface area contributed by atoms with Crippen molar-refractivity contribution in [3.05, 3.63) is 36.1 Å². The van der Waals surface area contributed by atoms with E-state index in [0.717, 1.165) is 4.31 Å². The molecule has 1 aromatic rings. The SMILES string of the molecule is COc1ccc(S(=O)(=O)N(CCO)CCO[C@H]2C[C@@H](C(C)C)C=C(C(=O)N(C)CC(OC)OC)O2)cc1. The highest BCUT2D eigenvalue weighted by Crippen LogP contribution is 2.29. The first kappa shape index (κ1) is 31.0. The summed E-state index contributed by atoms with van der Waals surface area (Å²) in [7, 11) is 2.25. The van der Waals surface area contributed by atoms with Gasteiger partial charge in [0.1, 0.15) is 5.75 Å². The molecule has 0 bridgehead atoms. The number of allylic oxidation sites excluding steroid dienone is 1. The van der Waals surface area contributed by atoms with E-state index in [9.17, 15) is 18.3 Å². The smallest absolute Gasteiger partial charge is 0.288 e. The van der Waals surface area contributed by atoms with Gasteiger partial charge in [-0.05, 0) is 42.2 Å². The summed E-state index contributed by atoms with van der Waals surface area (Å²) in [5.41, 5.74) is 0. The van der Waals surface area contributed by atoms with Crippen LogP contribution in [0.3, 0.4) is 0 Å². The molecule has 1 amide bonds. The van der Waals surface area contributed by atoms with Gasteiger partial charge in [0.2, 0.25) is 16.3 Å². The molecule has 0 aliphatic carbocycles. The lowest BCUT2D eigenvalue weighted by molar-refractivity contribution is -0.161. The predicted molar refractivity (Wildman–Crippen MR) is 136 cm³/mol. The Morgan fingerprint density at radius 1 is 1.14 bits per heavy atom. The van der Waals surface area contributed by atoms with E-state index in [1.54, 1.807) is 19.2 Å². The van der Waals surface area contributed by atoms with Crippen LogP contribution in [0.4, 0.5) is 0 Å². The number of aliphatic hydroxyl groups excluding tert-OH is 1. The molecule has 0 aromatic heterocycles. The maximum absolute atomic E-state index is 13.1. The Morgan fingerprint density at radius 3 is 2.32 bits per heavy atom. The number of carbonyl (C=O) groups is 1. The Morgan fingerprint density at radius 2 is 1.78 bits per heavy atom. The number of carbonyl (C=O) groups excluding carboxylic acids is 1. The molecule has 0 unspecified atom stereocenters. The van der Waals surface area contributed by atoms with Crippen LogP contribution in [0.15, 0.2) is 41.0 Å². The third kappa shape index (κ3) is 8.66. The number of hydrogen-bond donors (Lipinski definition) is 1. The standard InChI is InChI=1S/C25H40N2O9S/c1-18(2)19-15-22(25(29)26(3)17-24(33-5)34-6)36-23(16-19)35-14-12-27(11-13-28)37(30,31)21-9-7-20(32-4)8-10-21/h7-10,15,18-19,23-24,28H,11-14,16-17H2,1-6H3/t19-,23+/m0/s1. The number of amides is 1. The van der Waals surface area contributed by atoms with E-state index < -0.39 is 22.6 Å². The average molecular weight is 545 g/mol. The van der Waals surface area contributed by atoms with Crippen molar-refractivity contribution in [3.63, 3.8) is 0 Å². The number of benzene rings is 1. The lowest BCUT2D eigenvalue weighted by Crippen LogP contribution is -2.40. The summed E-state index contributed by atoms with van der Waals surface area (Å²) >= 11 is 0. The first-order chi connectivity index (χ1) is 17.6. The molecule has 12 heteroatoms. The van der Waals surface area contributed by atoms with Crippen LogP contribution in [0.5, 0.6) is 5.75 Å². The van der Waals surface area contributed by atoms with E-state index >= 15 is 0 Å². The van der Waals surface area contributed by atoms with E-state index in [4.69, 9.17) is 23.7 Å². The Balaban J connectivity index is 2.07. The third-order valence-corrected chi connectivity index (χ3v) is 8.05. The predicted octanol–water partition coefficient (Wildman–Crippen LogP) is 1.67. The van der Waals surface area contributed by atoms with Gasteiger partial charge in [-0.15, -0.1) is 0 Å². The van der Waals surface area contributed by atoms with Gasteiger partial charge >= 0.3 is 0 Å². The second-order valence-corrected chi connectivity index (χ2v) is 10.9. The summed E-state index contributed by atoms with van der Waals surface area (Å²) < 4.78 is 54.6. The lowest BCUT2D eigenvalue weighted by Gasteiger charge is -2.33. The van der Waals surface area contributed by atoms with Crippen LogP contribution in [-0.4, -0.2) is 102 Å². The van der Waals surface area contributed by atoms with Crippen molar-refractivity contribution in [1.29, 1.82) is 0 Å². The minimum atomic E-state index is -3.87. The Kier molecular flexibility index (Phi) is 12.3. The van der Waals surface area contributed by atoms with Gasteiger partial charge in [-0.1, -0.05) is 13.8 Å². The molecule has 0 fully saturated rings. The second-order valence-electron chi connectivity index (χ2n) is 8.98. The summed E-state index contributed by atoms with van der Waals surface area (Å²) in [6.45, 7) is 3.88. The summed E-state index contributed by atoms with van der Waals surface area (Å²) in [6.07, 6.45) is 1.02. The van der Waals surface area contributed by atoms with E-state index in [2.05, 4.69) is 0 Å². The number of nitrogens with zero attached hydrogens (tertiary/aromatic N) is 2. The molecule has 0 radical (unpaired) electrons. The van der Waals surface area contributed by atoms with E-state index in [1.165, 1.54) is 38.4 Å². The van der Waals surface area contributed by atoms with Crippen LogP contribution in [0.1, 0.15) is 20.3 Å². The number of hydrogen-bond acceptors (Lipinski definition) is 9. The number of methoxy groups -OCH3 is 3. The van der Waals surface area contributed by atoms with Gasteiger partial charge in [0.25, 0.3) is 5.91 Å². The van der Waals surface area contributed by atoms with Crippen LogP contribution in [-0.2, 0) is 33.8 Å². The fourth-order valence-electron chi connectivity index (χ4n) is 3.79. The van der Waals surface area contributed by atoms with Crippen LogP contribution >= 0.6 is 0 Å². The summed E-state index contributed by atoms with van der Waals surface area (Å²) in [5, 5.41) is 9.46. The third-order valence-electron chi connectivity index (χ3n) is 6.14. The maximum atomic E-state index is 13.1. The van der Waals surface area contributed by atoms with Gasteiger partial charge in [0.15, 0.2) is 12.0 Å². The Hall–Kier alpha value is -2.22. The summed E-state index contributed by atoms with van der Waals surface area (Å²) in [6, 6.07) is 6.03. The van der Waals surface area contributed by atoms with Crippen LogP contribution in [0, 0.1) is 11.8 Å². The lowest BCUT2D eigenvalue weighted by atomic mass is 9.90. The molecule has 2 atom stereocenters. The van der Waals surface area contributed by atoms with Gasteiger partial charge in [-0.25, -0.2) is 8.42 Å². The molecule has 0 saturated heterocycles. The number of ether oxygens (including phenoxy) is 5. The molecule has 1 N–H and O–H groups in total. The monoisotopic (exact) mass is 544 g/mol. The van der Waals surface area contributed by atoms with Crippen LogP contribution in [0.2, 0.25) is 0 Å². The molecule has 1 aliphatic rings. The van der Waals surface area contributed by atoms with E-state index in [1.807, 2.05) is 19.9 Å². The molecule has 210 valence electrons. The number of sulfonamides is 1. The topological polar surface area (TPSA) is 124 Å². The first-order valence-corrected chi connectivity index (χ1v) is 13.6. The van der Waals surface area contributed by atoms with Gasteiger partial charge in [0.05, 0.1) is 31.8 Å². The van der Waals surface area contributed by atoms with E-state index in [-0.39, 0.29) is 61.2 Å². The number of aliphatic hydroxyl groups is 1. The normalized spacial score (nSPS) is 18.2. The fourth-order valence-corrected chi connectivity index (χ4v) is 5.20. The zero-order valence-corrected chi connectivity index (χ0v) is 23.3. The summed E-state index contributed by atoms with van der Waals surface area (Å²) in [4.78, 5) is 14.6. The second kappa shape index (κ2) is 14.6. The zero-order chi connectivity index (χ0) is 27.6. The van der Waals surface area contributed by atoms with Crippen molar-refractivity contribution in [2.45, 2.75) is 37.7 Å². The van der Waals surface area contributed by atoms with Gasteiger partial charge in [0, 0.05) is 40.8 Å². The number of rotatable bonds is 15. The van der Waals surface area contributed by atoms with Crippen molar-refractivity contribution >= 4 is 15.9 Å². The van der Waals surface area contributed by atoms with Gasteiger partial charge in [-0.3, -0.25) is 4.79 Å². The van der Waals surface area contributed by atoms with Crippen LogP contribution < -0.4 is 4.74 Å². The maximum Gasteiger partial charge on any atom is 0.288 e. The van der Waals surface area contributed by atoms with Crippen molar-refractivity contribution in [1.82, 2.24) is 9.21 Å². The van der Waals surface area contributed by atoms with Crippen LogP contribution in [0.25, 0.3) is 0 Å². The highest BCUT2D eigenvalue weighted by molar-refractivity contribution is 7.89. The van der Waals surface area contributed by atoms with Gasteiger partial charge < -0.3 is 33.7 Å². The van der Waals surface area contributed by atoms with Crippen molar-refractivity contribution in [2.24, 2.45) is 11.8 Å². The Labute approximate surface area is 219 Å². The Bertz CT molecular complexity index is 978. The first-order valence-electron chi connectivity index (χ1n) is 12.1. The average Bonchev–Trinajstić information content (AvgIpc) is 2.90. The quantitative estimate of drug-likeness (QED) is 0.328. The van der Waals surface area contributed by atoms with Crippen molar-refractivity contribution in [2.75, 3.05) is 61.2 Å². The molecular formula is C25H40N2O9S. The molecular weight excluding hydrogens is 504 g/mol. The molecule has 0 saturated carbocycles. The molecule has 11 nitrogen and oxygen atoms in total. The summed E-state index contributed by atoms with van der Waals surface area (Å²) in [5.74, 6) is 0.635. The molecule has 1 aliphatic heterocycles. The molecule has 1 heterocycles. The molecule has 37 heavy (non-hydrogen) atoms. The number of likely N-dealkylation sites (N-methyl/N-ethyl adjacent to an activating group) is 1. The minimum Gasteiger partial charge on any atom is -0.497 e. The molecule has 2 rings (SSSR count). The highest BCUT2D eigenvalue weighted by atomic mass is 32.2. The fraction of sp³-hybridized carbons (Fsp3) is 0.640. The van der Waals surface area contributed by atoms with Crippen molar-refractivity contribution in [3.8, 4) is 5.75 Å². The minimum absolute atomic E-state index is 0.00260. The van der Waals surface area contributed by atoms with Crippen molar-refractivity contribution < 1.29 is 42.0 Å². The largest absolute Gasteiger partial charge is 0.497 e.